The normalized spacial score (nSPS) is 14.1. The molecule has 0 aromatic heterocycles. The van der Waals surface area contributed by atoms with Crippen molar-refractivity contribution in [2.24, 2.45) is 0 Å². The number of hydrogen-bond acceptors (Lipinski definition) is 4. The predicted octanol–water partition coefficient (Wildman–Crippen LogP) is 2.11. The summed E-state index contributed by atoms with van der Waals surface area (Å²) in [4.78, 5) is 11.2. The van der Waals surface area contributed by atoms with Crippen LogP contribution in [0.5, 0.6) is 5.75 Å². The van der Waals surface area contributed by atoms with Crippen LogP contribution in [0, 0.1) is 0 Å². The maximum Gasteiger partial charge on any atom is 0.335 e. The van der Waals surface area contributed by atoms with E-state index in [1.54, 1.807) is 6.92 Å². The van der Waals surface area contributed by atoms with Gasteiger partial charge in [-0.3, -0.25) is 0 Å². The summed E-state index contributed by atoms with van der Waals surface area (Å²) in [6, 6.07) is 7.34. The predicted molar refractivity (Wildman–Crippen MR) is 68.6 cm³/mol. The molecule has 4 nitrogen and oxygen atoms in total. The highest BCUT2D eigenvalue weighted by Crippen LogP contribution is 2.23. The number of benzene rings is 1. The van der Waals surface area contributed by atoms with Gasteiger partial charge in [0.15, 0.2) is 6.10 Å². The van der Waals surface area contributed by atoms with Crippen molar-refractivity contribution in [3.63, 3.8) is 0 Å². The van der Waals surface area contributed by atoms with E-state index in [-0.39, 0.29) is 12.0 Å². The lowest BCUT2D eigenvalue weighted by Crippen LogP contribution is -2.27. The first-order valence-electron chi connectivity index (χ1n) is 5.98. The van der Waals surface area contributed by atoms with Crippen molar-refractivity contribution in [2.45, 2.75) is 38.9 Å². The van der Waals surface area contributed by atoms with Crippen LogP contribution in [0.4, 0.5) is 0 Å². The Bertz CT molecular complexity index is 383. The molecule has 0 saturated heterocycles. The molecular formula is C14H20O4. The van der Waals surface area contributed by atoms with Gasteiger partial charge in [-0.2, -0.15) is 0 Å². The Morgan fingerprint density at radius 2 is 1.72 bits per heavy atom. The van der Waals surface area contributed by atoms with E-state index in [4.69, 9.17) is 4.74 Å². The van der Waals surface area contributed by atoms with E-state index in [9.17, 15) is 9.90 Å². The Labute approximate surface area is 108 Å². The van der Waals surface area contributed by atoms with E-state index in [2.05, 4.69) is 4.74 Å². The van der Waals surface area contributed by atoms with Gasteiger partial charge in [-0.15, -0.1) is 0 Å². The average molecular weight is 252 g/mol. The first-order valence-corrected chi connectivity index (χ1v) is 5.98. The molecule has 0 amide bonds. The third kappa shape index (κ3) is 3.74. The summed E-state index contributed by atoms with van der Waals surface area (Å²) in [5.74, 6) is -0.163. The zero-order chi connectivity index (χ0) is 13.7. The van der Waals surface area contributed by atoms with Crippen LogP contribution < -0.4 is 4.74 Å². The standard InChI is InChI=1S/C14H20O4/c1-9(2)18-12-7-5-11(6-8-12)10(3)13(15)14(16)17-4/h5-10,13,15H,1-4H3. The van der Waals surface area contributed by atoms with Crippen molar-refractivity contribution in [3.05, 3.63) is 29.8 Å². The van der Waals surface area contributed by atoms with E-state index in [1.165, 1.54) is 7.11 Å². The van der Waals surface area contributed by atoms with Crippen LogP contribution >= 0.6 is 0 Å². The number of carbonyl (C=O) groups is 1. The number of aliphatic hydroxyl groups excluding tert-OH is 1. The van der Waals surface area contributed by atoms with Gasteiger partial charge in [0.2, 0.25) is 0 Å². The zero-order valence-corrected chi connectivity index (χ0v) is 11.2. The van der Waals surface area contributed by atoms with Crippen LogP contribution in [0.25, 0.3) is 0 Å². The lowest BCUT2D eigenvalue weighted by atomic mass is 9.95. The van der Waals surface area contributed by atoms with Crippen molar-refractivity contribution in [1.29, 1.82) is 0 Å². The van der Waals surface area contributed by atoms with Gasteiger partial charge in [-0.25, -0.2) is 4.79 Å². The minimum absolute atomic E-state index is 0.119. The molecule has 4 heteroatoms. The third-order valence-electron chi connectivity index (χ3n) is 2.69. The maximum atomic E-state index is 11.2. The van der Waals surface area contributed by atoms with Crippen LogP contribution in [0.3, 0.4) is 0 Å². The number of hydrogen-bond donors (Lipinski definition) is 1. The second-order valence-electron chi connectivity index (χ2n) is 4.49. The number of esters is 1. The maximum absolute atomic E-state index is 11.2. The number of rotatable bonds is 5. The highest BCUT2D eigenvalue weighted by molar-refractivity contribution is 5.75. The Balaban J connectivity index is 2.75. The molecule has 0 spiro atoms. The fourth-order valence-corrected chi connectivity index (χ4v) is 1.63. The summed E-state index contributed by atoms with van der Waals surface area (Å²) in [7, 11) is 1.26. The smallest absolute Gasteiger partial charge is 0.335 e. The SMILES string of the molecule is COC(=O)C(O)C(C)c1ccc(OC(C)C)cc1. The van der Waals surface area contributed by atoms with Crippen LogP contribution in [0.2, 0.25) is 0 Å². The monoisotopic (exact) mass is 252 g/mol. The summed E-state index contributed by atoms with van der Waals surface area (Å²) in [6.45, 7) is 5.69. The number of aliphatic hydroxyl groups is 1. The fourth-order valence-electron chi connectivity index (χ4n) is 1.63. The molecule has 1 aromatic carbocycles. The molecule has 0 heterocycles. The second-order valence-corrected chi connectivity index (χ2v) is 4.49. The molecule has 0 aliphatic carbocycles. The summed E-state index contributed by atoms with van der Waals surface area (Å²) in [5, 5.41) is 9.75. The highest BCUT2D eigenvalue weighted by Gasteiger charge is 2.24. The van der Waals surface area contributed by atoms with Crippen molar-refractivity contribution in [2.75, 3.05) is 7.11 Å². The number of carbonyl (C=O) groups excluding carboxylic acids is 1. The van der Waals surface area contributed by atoms with Gasteiger partial charge in [-0.05, 0) is 31.5 Å². The van der Waals surface area contributed by atoms with Gasteiger partial charge >= 0.3 is 5.97 Å². The van der Waals surface area contributed by atoms with Crippen LogP contribution in [-0.2, 0) is 9.53 Å². The molecule has 0 aliphatic heterocycles. The molecule has 0 saturated carbocycles. The molecule has 100 valence electrons. The Morgan fingerprint density at radius 1 is 1.17 bits per heavy atom. The molecule has 0 fully saturated rings. The van der Waals surface area contributed by atoms with Crippen LogP contribution in [0.15, 0.2) is 24.3 Å². The summed E-state index contributed by atoms with van der Waals surface area (Å²) in [5.41, 5.74) is 0.865. The molecule has 0 bridgehead atoms. The Morgan fingerprint density at radius 3 is 2.17 bits per heavy atom. The minimum Gasteiger partial charge on any atom is -0.491 e. The van der Waals surface area contributed by atoms with Gasteiger partial charge in [0.1, 0.15) is 5.75 Å². The molecule has 2 atom stereocenters. The quantitative estimate of drug-likeness (QED) is 0.815. The van der Waals surface area contributed by atoms with Crippen molar-refractivity contribution in [3.8, 4) is 5.75 Å². The van der Waals surface area contributed by atoms with E-state index >= 15 is 0 Å². The van der Waals surface area contributed by atoms with E-state index < -0.39 is 12.1 Å². The van der Waals surface area contributed by atoms with Gasteiger partial charge in [0.05, 0.1) is 13.2 Å². The second kappa shape index (κ2) is 6.40. The van der Waals surface area contributed by atoms with E-state index in [1.807, 2.05) is 38.1 Å². The van der Waals surface area contributed by atoms with Gasteiger partial charge < -0.3 is 14.6 Å². The van der Waals surface area contributed by atoms with E-state index in [0.717, 1.165) is 11.3 Å². The molecule has 18 heavy (non-hydrogen) atoms. The van der Waals surface area contributed by atoms with Gasteiger partial charge in [0.25, 0.3) is 0 Å². The van der Waals surface area contributed by atoms with Crippen molar-refractivity contribution in [1.82, 2.24) is 0 Å². The average Bonchev–Trinajstić information content (AvgIpc) is 2.36. The Kier molecular flexibility index (Phi) is 5.16. The number of ether oxygens (including phenoxy) is 2. The first-order chi connectivity index (χ1) is 8.45. The first kappa shape index (κ1) is 14.5. The molecule has 0 radical (unpaired) electrons. The summed E-state index contributed by atoms with van der Waals surface area (Å²) in [6.07, 6.45) is -1.03. The molecule has 1 aromatic rings. The van der Waals surface area contributed by atoms with Crippen molar-refractivity contribution < 1.29 is 19.4 Å². The molecule has 1 N–H and O–H groups in total. The highest BCUT2D eigenvalue weighted by atomic mass is 16.5. The lowest BCUT2D eigenvalue weighted by molar-refractivity contribution is -0.151. The van der Waals surface area contributed by atoms with E-state index in [0.29, 0.717) is 0 Å². The zero-order valence-electron chi connectivity index (χ0n) is 11.2. The number of methoxy groups -OCH3 is 1. The molecule has 0 aliphatic rings. The van der Waals surface area contributed by atoms with Crippen molar-refractivity contribution >= 4 is 5.97 Å². The minimum atomic E-state index is -1.15. The summed E-state index contributed by atoms with van der Waals surface area (Å²) < 4.78 is 10.0. The molecule has 2 unspecified atom stereocenters. The topological polar surface area (TPSA) is 55.8 Å². The van der Waals surface area contributed by atoms with Crippen LogP contribution in [0.1, 0.15) is 32.3 Å². The largest absolute Gasteiger partial charge is 0.491 e. The fraction of sp³-hybridized carbons (Fsp3) is 0.500. The van der Waals surface area contributed by atoms with Gasteiger partial charge in [-0.1, -0.05) is 19.1 Å². The van der Waals surface area contributed by atoms with Gasteiger partial charge in [0, 0.05) is 5.92 Å². The third-order valence-corrected chi connectivity index (χ3v) is 2.69. The lowest BCUT2D eigenvalue weighted by Gasteiger charge is -2.17. The summed E-state index contributed by atoms with van der Waals surface area (Å²) >= 11 is 0. The molecule has 1 rings (SSSR count). The van der Waals surface area contributed by atoms with Crippen LogP contribution in [-0.4, -0.2) is 30.4 Å². The molecular weight excluding hydrogens is 232 g/mol. The Hall–Kier alpha value is -1.55.